The van der Waals surface area contributed by atoms with E-state index in [2.05, 4.69) is 291 Å². The topological polar surface area (TPSA) is 41.8 Å². The molecule has 17 rings (SSSR count). The first-order valence-electron chi connectivity index (χ1n) is 27.8. The zero-order valence-corrected chi connectivity index (χ0v) is 45.0. The number of benzene rings is 12. The summed E-state index contributed by atoms with van der Waals surface area (Å²) in [6.45, 7) is 0.456. The average Bonchev–Trinajstić information content (AvgIpc) is 4.49. The van der Waals surface area contributed by atoms with Crippen molar-refractivity contribution in [1.29, 1.82) is 0 Å². The number of fused-ring (bicyclic) bond motifs is 14. The number of para-hydroxylation sites is 6. The molecule has 16 aromatic rings. The minimum atomic E-state index is -3.09. The molecule has 4 aromatic heterocycles. The van der Waals surface area contributed by atoms with E-state index in [4.69, 9.17) is 9.72 Å². The van der Waals surface area contributed by atoms with Crippen LogP contribution in [0.4, 0.5) is 0 Å². The van der Waals surface area contributed by atoms with Gasteiger partial charge in [0.2, 0.25) is 0 Å². The van der Waals surface area contributed by atoms with Gasteiger partial charge < -0.3 is 18.4 Å². The number of nitrogens with zero attached hydrogens (tertiary/aromatic N) is 5. The van der Waals surface area contributed by atoms with Gasteiger partial charge in [0.1, 0.15) is 6.61 Å². The third kappa shape index (κ3) is 6.76. The van der Waals surface area contributed by atoms with Gasteiger partial charge in [-0.3, -0.25) is 4.57 Å². The smallest absolute Gasteiger partial charge is 0.302 e. The average molecular weight is 1050 g/mol. The summed E-state index contributed by atoms with van der Waals surface area (Å²) in [4.78, 5) is 4.81. The van der Waals surface area contributed by atoms with Crippen LogP contribution in [-0.2, 0) is 6.61 Å². The zero-order valence-electron chi connectivity index (χ0n) is 44.0. The van der Waals surface area contributed by atoms with Gasteiger partial charge in [-0.15, -0.1) is 0 Å². The van der Waals surface area contributed by atoms with Crippen LogP contribution in [0.25, 0.3) is 110 Å². The van der Waals surface area contributed by atoms with Crippen molar-refractivity contribution in [1.82, 2.24) is 23.3 Å². The third-order valence-electron chi connectivity index (χ3n) is 17.2. The summed E-state index contributed by atoms with van der Waals surface area (Å²) in [6, 6.07) is 106. The Morgan fingerprint density at radius 2 is 0.728 bits per heavy atom. The molecule has 12 aromatic carbocycles. The van der Waals surface area contributed by atoms with Crippen LogP contribution in [0, 0.1) is 0 Å². The van der Waals surface area contributed by atoms with E-state index in [-0.39, 0.29) is 0 Å². The fraction of sp³-hybridized carbons (Fsp3) is 0.0135. The first-order valence-corrected chi connectivity index (χ1v) is 29.8. The summed E-state index contributed by atoms with van der Waals surface area (Å²) < 4.78 is 15.9. The Bertz CT molecular complexity index is 4880. The van der Waals surface area contributed by atoms with Crippen molar-refractivity contribution in [2.24, 2.45) is 0 Å². The lowest BCUT2D eigenvalue weighted by atomic mass is 10.0. The molecule has 0 amide bonds. The predicted octanol–water partition coefficient (Wildman–Crippen LogP) is 15.3. The van der Waals surface area contributed by atoms with Crippen LogP contribution in [0.15, 0.2) is 285 Å². The van der Waals surface area contributed by atoms with Gasteiger partial charge in [0.15, 0.2) is 8.07 Å². The van der Waals surface area contributed by atoms with Crippen molar-refractivity contribution in [3.8, 4) is 39.9 Å². The second-order valence-electron chi connectivity index (χ2n) is 21.4. The lowest BCUT2D eigenvalue weighted by molar-refractivity contribution is 0.266. The highest BCUT2D eigenvalue weighted by Crippen LogP contribution is 2.40. The second kappa shape index (κ2) is 17.8. The second-order valence-corrected chi connectivity index (χ2v) is 25.3. The van der Waals surface area contributed by atoms with Crippen LogP contribution in [0.5, 0.6) is 6.01 Å². The third-order valence-corrected chi connectivity index (χ3v) is 21.9. The molecule has 0 N–H and O–H groups in total. The maximum atomic E-state index is 6.33. The summed E-state index contributed by atoms with van der Waals surface area (Å²) >= 11 is 0. The maximum Gasteiger partial charge on any atom is 0.302 e. The van der Waals surface area contributed by atoms with E-state index in [1.807, 2.05) is 12.1 Å². The minimum Gasteiger partial charge on any atom is -0.459 e. The molecule has 0 aliphatic carbocycles. The molecule has 0 fully saturated rings. The SMILES string of the molecule is c1ccc([Si](c2ccccc2)(c2cccc(-c3ccc4c(c3)COc3nc5ccccc5n3-4)c2)c2cccc(-n3c4ccc(-n5c6ccccc6c6ccccc65)cc4c4cc(-n5c6ccccc6c6ccccc65)ccc43)c2)cc1. The quantitative estimate of drug-likeness (QED) is 0.112. The maximum absolute atomic E-state index is 6.33. The molecule has 81 heavy (non-hydrogen) atoms. The Morgan fingerprint density at radius 1 is 0.296 bits per heavy atom. The molecule has 6 nitrogen and oxygen atoms in total. The standard InChI is InChI=1S/C74H49N5OSi/c1-3-21-55(22-4-1)81(56-23-5-2-6-24-56,57-25-17-19-49(44-57)50-37-40-66-51(43-50)48-80-74-75-65-31-11-16-36-73(65)79(66)74)58-26-18-20-52(45-58)76-71-41-38-53(77-67-32-12-7-27-59(67)60-28-8-13-33-68(60)77)46-63(71)64-47-54(39-42-72(64)76)78-69-34-14-9-29-61(69)62-30-10-15-35-70(62)78/h1-47H,48H2. The van der Waals surface area contributed by atoms with Crippen molar-refractivity contribution < 1.29 is 4.74 Å². The van der Waals surface area contributed by atoms with Gasteiger partial charge in [0, 0.05) is 54.9 Å². The molecule has 0 radical (unpaired) electrons. The lowest BCUT2D eigenvalue weighted by Gasteiger charge is -2.35. The highest BCUT2D eigenvalue weighted by atomic mass is 28.3. The fourth-order valence-corrected chi connectivity index (χ4v) is 18.5. The van der Waals surface area contributed by atoms with Crippen molar-refractivity contribution in [3.63, 3.8) is 0 Å². The van der Waals surface area contributed by atoms with Crippen LogP contribution in [0.2, 0.25) is 0 Å². The minimum absolute atomic E-state index is 0.456. The van der Waals surface area contributed by atoms with Gasteiger partial charge >= 0.3 is 6.01 Å². The Kier molecular flexibility index (Phi) is 9.99. The van der Waals surface area contributed by atoms with Crippen LogP contribution in [-0.4, -0.2) is 31.3 Å². The predicted molar refractivity (Wildman–Crippen MR) is 337 cm³/mol. The van der Waals surface area contributed by atoms with E-state index in [0.29, 0.717) is 12.6 Å². The summed E-state index contributed by atoms with van der Waals surface area (Å²) in [6.07, 6.45) is 0. The Hall–Kier alpha value is -10.5. The molecular weight excluding hydrogens is 1000 g/mol. The largest absolute Gasteiger partial charge is 0.459 e. The molecule has 1 aliphatic heterocycles. The van der Waals surface area contributed by atoms with Gasteiger partial charge in [-0.2, -0.15) is 4.98 Å². The van der Waals surface area contributed by atoms with Crippen LogP contribution in [0.3, 0.4) is 0 Å². The van der Waals surface area contributed by atoms with Gasteiger partial charge in [0.25, 0.3) is 0 Å². The summed E-state index contributed by atoms with van der Waals surface area (Å²) in [5.41, 5.74) is 16.9. The normalized spacial score (nSPS) is 12.5. The van der Waals surface area contributed by atoms with E-state index >= 15 is 0 Å². The van der Waals surface area contributed by atoms with E-state index in [1.54, 1.807) is 0 Å². The monoisotopic (exact) mass is 1050 g/mol. The first-order chi connectivity index (χ1) is 40.2. The van der Waals surface area contributed by atoms with Gasteiger partial charge in [-0.1, -0.05) is 188 Å². The number of hydrogen-bond donors (Lipinski definition) is 0. The number of imidazole rings is 1. The highest BCUT2D eigenvalue weighted by molar-refractivity contribution is 7.20. The van der Waals surface area contributed by atoms with E-state index < -0.39 is 8.07 Å². The molecule has 0 spiro atoms. The number of hydrogen-bond acceptors (Lipinski definition) is 2. The number of rotatable bonds is 8. The Labute approximate surface area is 467 Å². The van der Waals surface area contributed by atoms with E-state index in [0.717, 1.165) is 61.5 Å². The lowest BCUT2D eigenvalue weighted by Crippen LogP contribution is -2.74. The van der Waals surface area contributed by atoms with Gasteiger partial charge in [-0.05, 0) is 129 Å². The Balaban J connectivity index is 0.887. The van der Waals surface area contributed by atoms with Crippen molar-refractivity contribution in [2.45, 2.75) is 6.61 Å². The van der Waals surface area contributed by atoms with Crippen molar-refractivity contribution >= 4 is 105 Å². The van der Waals surface area contributed by atoms with Crippen molar-refractivity contribution in [3.05, 3.63) is 291 Å². The van der Waals surface area contributed by atoms with Crippen LogP contribution >= 0.6 is 0 Å². The fourth-order valence-electron chi connectivity index (χ4n) is 13.7. The molecule has 7 heteroatoms. The molecule has 5 heterocycles. The zero-order chi connectivity index (χ0) is 53.2. The van der Waals surface area contributed by atoms with E-state index in [1.165, 1.54) is 75.1 Å². The molecule has 0 bridgehead atoms. The molecular formula is C74H49N5OSi. The Morgan fingerprint density at radius 3 is 1.28 bits per heavy atom. The summed E-state index contributed by atoms with van der Waals surface area (Å²) in [5.74, 6) is 0. The molecule has 380 valence electrons. The number of ether oxygens (including phenoxy) is 1. The molecule has 0 unspecified atom stereocenters. The molecule has 0 saturated carbocycles. The van der Waals surface area contributed by atoms with Crippen LogP contribution in [0.1, 0.15) is 5.56 Å². The molecule has 1 aliphatic rings. The highest BCUT2D eigenvalue weighted by Gasteiger charge is 2.42. The van der Waals surface area contributed by atoms with E-state index in [9.17, 15) is 0 Å². The molecule has 0 saturated heterocycles. The van der Waals surface area contributed by atoms with Crippen molar-refractivity contribution in [2.75, 3.05) is 0 Å². The summed E-state index contributed by atoms with van der Waals surface area (Å²) in [5, 5.41) is 12.6. The number of aromatic nitrogens is 5. The first kappa shape index (κ1) is 45.5. The summed E-state index contributed by atoms with van der Waals surface area (Å²) in [7, 11) is -3.09. The van der Waals surface area contributed by atoms with Gasteiger partial charge in [-0.25, -0.2) is 0 Å². The van der Waals surface area contributed by atoms with Crippen LogP contribution < -0.4 is 25.5 Å². The van der Waals surface area contributed by atoms with Gasteiger partial charge in [0.05, 0.1) is 49.8 Å². The molecule has 0 atom stereocenters.